The minimum atomic E-state index is -4.19. The first-order chi connectivity index (χ1) is 15.3. The molecule has 0 radical (unpaired) electrons. The summed E-state index contributed by atoms with van der Waals surface area (Å²) >= 11 is 0. The van der Waals surface area contributed by atoms with Crippen LogP contribution in [-0.4, -0.2) is 50.6 Å². The Morgan fingerprint density at radius 2 is 2.09 bits per heavy atom. The Morgan fingerprint density at radius 3 is 2.81 bits per heavy atom. The van der Waals surface area contributed by atoms with Gasteiger partial charge >= 0.3 is 5.97 Å². The SMILES string of the molecule is O=C(O)c1c(NS(=O)(=O)c2ccc(F)cc2/C=C\CN2CCC2)ccc2c1OC[C@H]1C[C@@H]21. The van der Waals surface area contributed by atoms with Crippen LogP contribution in [0.15, 0.2) is 41.3 Å². The molecule has 2 aliphatic heterocycles. The minimum Gasteiger partial charge on any atom is -0.492 e. The van der Waals surface area contributed by atoms with Crippen LogP contribution in [0.2, 0.25) is 0 Å². The number of hydrogen-bond acceptors (Lipinski definition) is 5. The molecule has 0 aromatic heterocycles. The molecule has 3 aliphatic rings. The first-order valence-electron chi connectivity index (χ1n) is 10.6. The number of likely N-dealkylation sites (tertiary alicyclic amines) is 1. The van der Waals surface area contributed by atoms with Gasteiger partial charge in [0, 0.05) is 12.5 Å². The standard InChI is InChI=1S/C23H23FN2O5S/c24-16-4-7-20(14(11-16)3-1-8-26-9-2-10-26)32(29,30)25-19-6-5-17-18-12-15(18)13-31-22(17)21(19)23(27)28/h1,3-7,11,15,18,25H,2,8-10,12-13H2,(H,27,28)/b3-1-/t15-,18-/m1/s1. The Morgan fingerprint density at radius 1 is 1.28 bits per heavy atom. The molecule has 7 nitrogen and oxygen atoms in total. The lowest BCUT2D eigenvalue weighted by molar-refractivity contribution is 0.0692. The number of rotatable bonds is 7. The molecule has 2 aromatic carbocycles. The Labute approximate surface area is 185 Å². The summed E-state index contributed by atoms with van der Waals surface area (Å²) in [6.45, 7) is 3.05. The monoisotopic (exact) mass is 458 g/mol. The second-order valence-electron chi connectivity index (χ2n) is 8.47. The van der Waals surface area contributed by atoms with Crippen LogP contribution in [-0.2, 0) is 10.0 Å². The van der Waals surface area contributed by atoms with Crippen LogP contribution in [0.5, 0.6) is 5.75 Å². The molecule has 0 unspecified atom stereocenters. The van der Waals surface area contributed by atoms with E-state index in [0.29, 0.717) is 19.1 Å². The van der Waals surface area contributed by atoms with Crippen LogP contribution in [0, 0.1) is 11.7 Å². The summed E-state index contributed by atoms with van der Waals surface area (Å²) in [4.78, 5) is 14.1. The fourth-order valence-electron chi connectivity index (χ4n) is 4.33. The molecule has 0 amide bonds. The lowest BCUT2D eigenvalue weighted by Gasteiger charge is -2.29. The van der Waals surface area contributed by atoms with E-state index in [4.69, 9.17) is 4.74 Å². The fourth-order valence-corrected chi connectivity index (χ4v) is 5.59. The van der Waals surface area contributed by atoms with E-state index in [-0.39, 0.29) is 33.4 Å². The molecule has 1 saturated heterocycles. The zero-order valence-electron chi connectivity index (χ0n) is 17.3. The van der Waals surface area contributed by atoms with Gasteiger partial charge in [0.05, 0.1) is 17.2 Å². The van der Waals surface area contributed by atoms with E-state index in [1.165, 1.54) is 12.1 Å². The average Bonchev–Trinajstić information content (AvgIpc) is 3.49. The minimum absolute atomic E-state index is 0.0739. The maximum absolute atomic E-state index is 13.9. The summed E-state index contributed by atoms with van der Waals surface area (Å²) in [5.74, 6) is -0.933. The quantitative estimate of drug-likeness (QED) is 0.659. The number of anilines is 1. The van der Waals surface area contributed by atoms with Crippen LogP contribution in [0.25, 0.3) is 6.08 Å². The van der Waals surface area contributed by atoms with Gasteiger partial charge in [-0.2, -0.15) is 0 Å². The topological polar surface area (TPSA) is 95.9 Å². The molecule has 1 aliphatic carbocycles. The van der Waals surface area contributed by atoms with Gasteiger partial charge in [0.1, 0.15) is 17.1 Å². The molecule has 0 spiro atoms. The zero-order valence-corrected chi connectivity index (χ0v) is 18.1. The zero-order chi connectivity index (χ0) is 22.5. The van der Waals surface area contributed by atoms with Gasteiger partial charge < -0.3 is 9.84 Å². The van der Waals surface area contributed by atoms with Gasteiger partial charge in [-0.05, 0) is 67.2 Å². The van der Waals surface area contributed by atoms with Crippen LogP contribution < -0.4 is 9.46 Å². The van der Waals surface area contributed by atoms with Crippen molar-refractivity contribution in [3.05, 3.63) is 58.9 Å². The van der Waals surface area contributed by atoms with E-state index in [9.17, 15) is 22.7 Å². The highest BCUT2D eigenvalue weighted by molar-refractivity contribution is 7.92. The number of benzene rings is 2. The van der Waals surface area contributed by atoms with Crippen molar-refractivity contribution in [2.75, 3.05) is 31.0 Å². The van der Waals surface area contributed by atoms with E-state index in [1.54, 1.807) is 18.2 Å². The summed E-state index contributed by atoms with van der Waals surface area (Å²) in [5.41, 5.74) is 0.728. The van der Waals surface area contributed by atoms with Gasteiger partial charge in [-0.1, -0.05) is 18.2 Å². The number of fused-ring (bicyclic) bond motifs is 3. The number of carboxylic acids is 1. The maximum atomic E-state index is 13.9. The number of halogens is 1. The first-order valence-corrected chi connectivity index (χ1v) is 12.1. The molecule has 0 bridgehead atoms. The number of carboxylic acid groups (broad SMARTS) is 1. The van der Waals surface area contributed by atoms with Crippen molar-refractivity contribution in [1.82, 2.24) is 4.90 Å². The molecular formula is C23H23FN2O5S. The Bertz CT molecular complexity index is 1220. The fraction of sp³-hybridized carbons (Fsp3) is 0.348. The molecule has 32 heavy (non-hydrogen) atoms. The van der Waals surface area contributed by atoms with Gasteiger partial charge in [0.25, 0.3) is 10.0 Å². The highest BCUT2D eigenvalue weighted by Crippen LogP contribution is 2.55. The Balaban J connectivity index is 1.48. The molecule has 5 rings (SSSR count). The molecule has 2 atom stereocenters. The van der Waals surface area contributed by atoms with Crippen LogP contribution in [0.1, 0.15) is 40.2 Å². The Kier molecular flexibility index (Phi) is 5.17. The lowest BCUT2D eigenvalue weighted by Crippen LogP contribution is -2.36. The smallest absolute Gasteiger partial charge is 0.341 e. The van der Waals surface area contributed by atoms with E-state index < -0.39 is 21.8 Å². The summed E-state index contributed by atoms with van der Waals surface area (Å²) in [6.07, 6.45) is 5.46. The molecule has 2 heterocycles. The van der Waals surface area contributed by atoms with Crippen LogP contribution in [0.4, 0.5) is 10.1 Å². The van der Waals surface area contributed by atoms with Gasteiger partial charge in [-0.25, -0.2) is 17.6 Å². The third kappa shape index (κ3) is 3.86. The van der Waals surface area contributed by atoms with Crippen LogP contribution >= 0.6 is 0 Å². The molecule has 168 valence electrons. The average molecular weight is 459 g/mol. The molecule has 2 aromatic rings. The summed E-state index contributed by atoms with van der Waals surface area (Å²) in [6, 6.07) is 6.60. The number of nitrogens with one attached hydrogen (secondary N) is 1. The third-order valence-corrected chi connectivity index (χ3v) is 7.72. The van der Waals surface area contributed by atoms with Crippen molar-refractivity contribution < 1.29 is 27.4 Å². The molecule has 2 fully saturated rings. The predicted molar refractivity (Wildman–Crippen MR) is 117 cm³/mol. The summed E-state index contributed by atoms with van der Waals surface area (Å²) < 4.78 is 48.3. The Hall–Kier alpha value is -2.91. The van der Waals surface area contributed by atoms with E-state index in [2.05, 4.69) is 9.62 Å². The highest BCUT2D eigenvalue weighted by Gasteiger charge is 2.45. The normalized spacial score (nSPS) is 21.9. The third-order valence-electron chi connectivity index (χ3n) is 6.28. The summed E-state index contributed by atoms with van der Waals surface area (Å²) in [7, 11) is -4.19. The second kappa shape index (κ2) is 7.90. The molecule has 9 heteroatoms. The highest BCUT2D eigenvalue weighted by atomic mass is 32.2. The number of nitrogens with zero attached hydrogens (tertiary/aromatic N) is 1. The number of ether oxygens (including phenoxy) is 1. The van der Waals surface area contributed by atoms with Gasteiger partial charge in [0.15, 0.2) is 0 Å². The van der Waals surface area contributed by atoms with E-state index in [0.717, 1.165) is 43.6 Å². The maximum Gasteiger partial charge on any atom is 0.341 e. The molecule has 2 N–H and O–H groups in total. The van der Waals surface area contributed by atoms with Crippen molar-refractivity contribution in [2.24, 2.45) is 5.92 Å². The van der Waals surface area contributed by atoms with Crippen molar-refractivity contribution >= 4 is 27.8 Å². The predicted octanol–water partition coefficient (Wildman–Crippen LogP) is 3.54. The molecular weight excluding hydrogens is 435 g/mol. The lowest BCUT2D eigenvalue weighted by atomic mass is 10.0. The largest absolute Gasteiger partial charge is 0.492 e. The van der Waals surface area contributed by atoms with E-state index in [1.807, 2.05) is 0 Å². The van der Waals surface area contributed by atoms with Gasteiger partial charge in [-0.15, -0.1) is 0 Å². The van der Waals surface area contributed by atoms with Gasteiger partial charge in [0.2, 0.25) is 0 Å². The first kappa shape index (κ1) is 21.0. The number of aromatic carboxylic acids is 1. The second-order valence-corrected chi connectivity index (χ2v) is 10.1. The van der Waals surface area contributed by atoms with Crippen molar-refractivity contribution in [3.63, 3.8) is 0 Å². The number of sulfonamides is 1. The van der Waals surface area contributed by atoms with Crippen molar-refractivity contribution in [1.29, 1.82) is 0 Å². The number of carbonyl (C=O) groups is 1. The van der Waals surface area contributed by atoms with Crippen LogP contribution in [0.3, 0.4) is 0 Å². The number of hydrogen-bond donors (Lipinski definition) is 2. The summed E-state index contributed by atoms with van der Waals surface area (Å²) in [5, 5.41) is 9.80. The van der Waals surface area contributed by atoms with Crippen molar-refractivity contribution in [3.8, 4) is 5.75 Å². The molecule has 1 saturated carbocycles. The van der Waals surface area contributed by atoms with Gasteiger partial charge in [-0.3, -0.25) is 9.62 Å². The van der Waals surface area contributed by atoms with Crippen molar-refractivity contribution in [2.45, 2.75) is 23.7 Å². The van der Waals surface area contributed by atoms with E-state index >= 15 is 0 Å².